The number of aryl methyl sites for hydroxylation is 1. The molecule has 1 aromatic heterocycles. The molecule has 2 saturated carbocycles. The Morgan fingerprint density at radius 1 is 0.911 bits per heavy atom. The van der Waals surface area contributed by atoms with Crippen LogP contribution in [0.2, 0.25) is 0 Å². The van der Waals surface area contributed by atoms with E-state index in [2.05, 4.69) is 28.1 Å². The Labute approximate surface area is 268 Å². The van der Waals surface area contributed by atoms with Crippen molar-refractivity contribution in [1.29, 1.82) is 0 Å². The molecular formula is C37H29BrN2O5. The molecule has 3 fully saturated rings. The van der Waals surface area contributed by atoms with Crippen molar-refractivity contribution in [2.45, 2.75) is 19.8 Å². The molecule has 45 heavy (non-hydrogen) atoms. The third-order valence-corrected chi connectivity index (χ3v) is 10.5. The molecule has 2 heterocycles. The number of esters is 1. The van der Waals surface area contributed by atoms with Gasteiger partial charge in [0.15, 0.2) is 12.4 Å². The molecule has 0 spiro atoms. The molecule has 224 valence electrons. The highest BCUT2D eigenvalue weighted by molar-refractivity contribution is 9.10. The summed E-state index contributed by atoms with van der Waals surface area (Å²) < 4.78 is 6.33. The average Bonchev–Trinajstić information content (AvgIpc) is 3.85. The summed E-state index contributed by atoms with van der Waals surface area (Å²) in [6.07, 6.45) is 6.16. The number of rotatable bonds is 7. The van der Waals surface area contributed by atoms with Crippen LogP contribution in [0.3, 0.4) is 0 Å². The van der Waals surface area contributed by atoms with Crippen LogP contribution >= 0.6 is 15.9 Å². The highest BCUT2D eigenvalue weighted by Gasteiger charge is 2.67. The van der Waals surface area contributed by atoms with Crippen molar-refractivity contribution >= 4 is 56.1 Å². The molecular weight excluding hydrogens is 632 g/mol. The Morgan fingerprint density at radius 2 is 1.58 bits per heavy atom. The second-order valence-corrected chi connectivity index (χ2v) is 13.4. The first-order valence-corrected chi connectivity index (χ1v) is 16.2. The van der Waals surface area contributed by atoms with Gasteiger partial charge >= 0.3 is 5.97 Å². The first-order chi connectivity index (χ1) is 21.8. The molecule has 8 heteroatoms. The van der Waals surface area contributed by atoms with Crippen LogP contribution in [0.25, 0.3) is 22.2 Å². The van der Waals surface area contributed by atoms with Gasteiger partial charge in [-0.05, 0) is 72.4 Å². The summed E-state index contributed by atoms with van der Waals surface area (Å²) in [7, 11) is 0. The molecule has 5 aliphatic rings. The quantitative estimate of drug-likeness (QED) is 0.0934. The van der Waals surface area contributed by atoms with Crippen LogP contribution in [0.1, 0.15) is 39.6 Å². The number of anilines is 1. The van der Waals surface area contributed by atoms with Crippen LogP contribution in [0, 0.1) is 35.5 Å². The zero-order valence-corrected chi connectivity index (χ0v) is 26.1. The lowest BCUT2D eigenvalue weighted by atomic mass is 9.63. The fourth-order valence-electron chi connectivity index (χ4n) is 7.86. The van der Waals surface area contributed by atoms with Gasteiger partial charge in [0.2, 0.25) is 11.8 Å². The molecule has 3 aromatic carbocycles. The number of allylic oxidation sites excluding steroid dienone is 2. The number of hydrogen-bond acceptors (Lipinski definition) is 6. The fourth-order valence-corrected chi connectivity index (χ4v) is 8.36. The number of ketones is 1. The number of hydrogen-bond donors (Lipinski definition) is 0. The van der Waals surface area contributed by atoms with E-state index in [0.717, 1.165) is 22.0 Å². The predicted molar refractivity (Wildman–Crippen MR) is 173 cm³/mol. The maximum absolute atomic E-state index is 13.6. The Kier molecular flexibility index (Phi) is 6.60. The number of carbonyl (C=O) groups excluding carboxylic acids is 4. The van der Waals surface area contributed by atoms with Crippen LogP contribution in [-0.2, 0) is 20.7 Å². The number of carbonyl (C=O) groups is 4. The lowest BCUT2D eigenvalue weighted by Gasteiger charge is -2.37. The van der Waals surface area contributed by atoms with Crippen LogP contribution < -0.4 is 4.90 Å². The van der Waals surface area contributed by atoms with Crippen molar-refractivity contribution in [1.82, 2.24) is 4.98 Å². The van der Waals surface area contributed by atoms with Gasteiger partial charge in [-0.1, -0.05) is 77.5 Å². The van der Waals surface area contributed by atoms with E-state index in [9.17, 15) is 19.2 Å². The number of amides is 2. The zero-order chi connectivity index (χ0) is 31.0. The van der Waals surface area contributed by atoms with Crippen molar-refractivity contribution in [3.63, 3.8) is 0 Å². The van der Waals surface area contributed by atoms with Gasteiger partial charge in [-0.3, -0.25) is 19.3 Å². The van der Waals surface area contributed by atoms with Gasteiger partial charge in [0.05, 0.1) is 34.3 Å². The van der Waals surface area contributed by atoms with Crippen molar-refractivity contribution in [3.05, 3.63) is 106 Å². The molecule has 0 N–H and O–H groups in total. The van der Waals surface area contributed by atoms with Gasteiger partial charge in [-0.15, -0.1) is 0 Å². The van der Waals surface area contributed by atoms with Gasteiger partial charge in [-0.2, -0.15) is 0 Å². The Morgan fingerprint density at radius 3 is 2.22 bits per heavy atom. The van der Waals surface area contributed by atoms with Crippen LogP contribution in [0.4, 0.5) is 5.69 Å². The summed E-state index contributed by atoms with van der Waals surface area (Å²) in [4.78, 5) is 59.7. The third kappa shape index (κ3) is 4.49. The van der Waals surface area contributed by atoms with E-state index in [0.29, 0.717) is 51.7 Å². The van der Waals surface area contributed by atoms with Gasteiger partial charge in [0, 0.05) is 21.0 Å². The molecule has 2 bridgehead atoms. The molecule has 1 aliphatic heterocycles. The fraction of sp³-hybridized carbons (Fsp3) is 0.270. The second kappa shape index (κ2) is 10.6. The molecule has 4 aliphatic carbocycles. The van der Waals surface area contributed by atoms with Gasteiger partial charge in [0.1, 0.15) is 0 Å². The van der Waals surface area contributed by atoms with Crippen molar-refractivity contribution in [2.75, 3.05) is 11.5 Å². The third-order valence-electron chi connectivity index (χ3n) is 10.1. The minimum Gasteiger partial charge on any atom is -0.454 e. The highest BCUT2D eigenvalue weighted by Crippen LogP contribution is 2.65. The number of benzene rings is 3. The topological polar surface area (TPSA) is 93.6 Å². The van der Waals surface area contributed by atoms with E-state index < -0.39 is 5.97 Å². The van der Waals surface area contributed by atoms with Crippen molar-refractivity contribution < 1.29 is 23.9 Å². The highest BCUT2D eigenvalue weighted by atomic mass is 79.9. The van der Waals surface area contributed by atoms with Crippen LogP contribution in [0.5, 0.6) is 0 Å². The summed E-state index contributed by atoms with van der Waals surface area (Å²) in [5.74, 6) is -0.195. The van der Waals surface area contributed by atoms with E-state index in [1.54, 1.807) is 42.5 Å². The predicted octanol–water partition coefficient (Wildman–Crippen LogP) is 6.82. The maximum Gasteiger partial charge on any atom is 0.339 e. The van der Waals surface area contributed by atoms with E-state index in [-0.39, 0.29) is 47.9 Å². The lowest BCUT2D eigenvalue weighted by molar-refractivity contribution is -0.124. The standard InChI is InChI=1S/C37H29BrN2O5/c1-2-19-14-22(38)15-28-29(37(44)45-18-31(41)21-6-4-3-5-7-21)17-30(39-34(19)28)20-8-10-23(11-9-20)40-35(42)32-24-12-13-25(27-16-26(24)27)33(32)36(40)43/h3-15,17,24-27,32-33H,2,16,18H2,1H3. The maximum atomic E-state index is 13.6. The lowest BCUT2D eigenvalue weighted by Crippen LogP contribution is -2.40. The van der Waals surface area contributed by atoms with Crippen LogP contribution in [-0.4, -0.2) is 35.2 Å². The summed E-state index contributed by atoms with van der Waals surface area (Å²) in [6, 6.07) is 21.4. The Bertz CT molecular complexity index is 1920. The largest absolute Gasteiger partial charge is 0.454 e. The van der Waals surface area contributed by atoms with Crippen molar-refractivity contribution in [3.8, 4) is 11.3 Å². The van der Waals surface area contributed by atoms with Crippen molar-refractivity contribution in [2.24, 2.45) is 35.5 Å². The van der Waals surface area contributed by atoms with Gasteiger partial charge in [-0.25, -0.2) is 9.78 Å². The first kappa shape index (κ1) is 28.1. The number of halogens is 1. The molecule has 2 amide bonds. The normalized spacial score (nSPS) is 25.8. The molecule has 7 nitrogen and oxygen atoms in total. The molecule has 1 saturated heterocycles. The zero-order valence-electron chi connectivity index (χ0n) is 24.5. The minimum atomic E-state index is -0.623. The molecule has 0 radical (unpaired) electrons. The van der Waals surface area contributed by atoms with E-state index in [1.807, 2.05) is 37.3 Å². The average molecular weight is 662 g/mol. The van der Waals surface area contributed by atoms with E-state index in [4.69, 9.17) is 9.72 Å². The number of ether oxygens (including phenoxy) is 1. The number of nitrogens with zero attached hydrogens (tertiary/aromatic N) is 2. The molecule has 4 aromatic rings. The summed E-state index contributed by atoms with van der Waals surface area (Å²) in [5.41, 5.74) is 4.20. The number of pyridine rings is 1. The number of aromatic nitrogens is 1. The second-order valence-electron chi connectivity index (χ2n) is 12.4. The smallest absolute Gasteiger partial charge is 0.339 e. The van der Waals surface area contributed by atoms with E-state index >= 15 is 0 Å². The number of imide groups is 1. The number of Topliss-reactive ketones (excluding diaryl/α,β-unsaturated/α-hetero) is 1. The molecule has 6 unspecified atom stereocenters. The molecule has 9 rings (SSSR count). The summed E-state index contributed by atoms with van der Waals surface area (Å²) in [6.45, 7) is 1.64. The Hall–Kier alpha value is -4.43. The van der Waals surface area contributed by atoms with Gasteiger partial charge < -0.3 is 4.74 Å². The Balaban J connectivity index is 1.11. The van der Waals surface area contributed by atoms with Gasteiger partial charge in [0.25, 0.3) is 0 Å². The SMILES string of the molecule is CCc1cc(Br)cc2c(C(=O)OCC(=O)c3ccccc3)cc(-c3ccc(N4C(=O)C5C6C=CC(C7CC67)C5C4=O)cc3)nc12. The first-order valence-electron chi connectivity index (χ1n) is 15.4. The monoisotopic (exact) mass is 660 g/mol. The van der Waals surface area contributed by atoms with E-state index in [1.165, 1.54) is 4.90 Å². The molecule has 6 atom stereocenters. The van der Waals surface area contributed by atoms with Crippen LogP contribution in [0.15, 0.2) is 89.4 Å². The summed E-state index contributed by atoms with van der Waals surface area (Å²) in [5, 5.41) is 0.621. The summed E-state index contributed by atoms with van der Waals surface area (Å²) >= 11 is 3.56. The minimum absolute atomic E-state index is 0.0977. The number of fused-ring (bicyclic) bond motifs is 1.